The molecule has 1 aromatic heterocycles. The summed E-state index contributed by atoms with van der Waals surface area (Å²) in [4.78, 5) is 0. The number of aliphatic hydroxyl groups is 1. The van der Waals surface area contributed by atoms with Gasteiger partial charge in [0, 0.05) is 37.3 Å². The molecule has 1 unspecified atom stereocenters. The van der Waals surface area contributed by atoms with Crippen molar-refractivity contribution in [2.24, 2.45) is 0 Å². The van der Waals surface area contributed by atoms with Gasteiger partial charge in [-0.1, -0.05) is 12.1 Å². The van der Waals surface area contributed by atoms with E-state index >= 15 is 0 Å². The van der Waals surface area contributed by atoms with Crippen molar-refractivity contribution in [3.8, 4) is 0 Å². The molecule has 0 saturated heterocycles. The zero-order valence-corrected chi connectivity index (χ0v) is 11.3. The second kappa shape index (κ2) is 6.95. The van der Waals surface area contributed by atoms with E-state index in [9.17, 15) is 0 Å². The lowest BCUT2D eigenvalue weighted by Gasteiger charge is -2.15. The molecule has 0 bridgehead atoms. The van der Waals surface area contributed by atoms with Crippen molar-refractivity contribution in [1.29, 1.82) is 0 Å². The van der Waals surface area contributed by atoms with Crippen LogP contribution in [0.15, 0.2) is 42.7 Å². The lowest BCUT2D eigenvalue weighted by molar-refractivity contribution is 0.299. The molecule has 4 heteroatoms. The molecule has 0 radical (unpaired) electrons. The Balaban J connectivity index is 1.79. The van der Waals surface area contributed by atoms with Crippen molar-refractivity contribution >= 4 is 5.69 Å². The maximum Gasteiger partial charge on any atom is 0.0489 e. The second-order valence-corrected chi connectivity index (χ2v) is 4.77. The smallest absolute Gasteiger partial charge is 0.0489 e. The zero-order chi connectivity index (χ0) is 13.5. The van der Waals surface area contributed by atoms with Crippen LogP contribution in [-0.2, 0) is 13.0 Å². The van der Waals surface area contributed by atoms with E-state index in [0.29, 0.717) is 6.04 Å². The summed E-state index contributed by atoms with van der Waals surface area (Å²) in [6.07, 6.45) is 5.53. The summed E-state index contributed by atoms with van der Waals surface area (Å²) < 4.78 is 1.95. The first-order valence-corrected chi connectivity index (χ1v) is 6.71. The van der Waals surface area contributed by atoms with Gasteiger partial charge in [0.15, 0.2) is 0 Å². The summed E-state index contributed by atoms with van der Waals surface area (Å²) in [5.41, 5.74) is 2.28. The highest BCUT2D eigenvalue weighted by molar-refractivity contribution is 5.45. The lowest BCUT2D eigenvalue weighted by Crippen LogP contribution is -2.17. The number of hydrogen-bond acceptors (Lipinski definition) is 3. The highest BCUT2D eigenvalue weighted by Crippen LogP contribution is 2.12. The Labute approximate surface area is 114 Å². The van der Waals surface area contributed by atoms with Crippen LogP contribution in [0, 0.1) is 0 Å². The first-order chi connectivity index (χ1) is 9.28. The van der Waals surface area contributed by atoms with E-state index < -0.39 is 0 Å². The summed E-state index contributed by atoms with van der Waals surface area (Å²) in [6, 6.07) is 10.6. The van der Waals surface area contributed by atoms with Gasteiger partial charge in [-0.2, -0.15) is 5.10 Å². The fourth-order valence-corrected chi connectivity index (χ4v) is 2.01. The molecule has 2 N–H and O–H groups in total. The molecule has 0 aliphatic carbocycles. The molecule has 19 heavy (non-hydrogen) atoms. The van der Waals surface area contributed by atoms with Gasteiger partial charge in [-0.15, -0.1) is 0 Å². The molecule has 1 atom stereocenters. The molecule has 1 heterocycles. The van der Waals surface area contributed by atoms with E-state index in [0.717, 1.165) is 30.6 Å². The van der Waals surface area contributed by atoms with Crippen molar-refractivity contribution in [1.82, 2.24) is 9.78 Å². The van der Waals surface area contributed by atoms with Crippen LogP contribution in [0.25, 0.3) is 0 Å². The molecule has 1 aromatic carbocycles. The van der Waals surface area contributed by atoms with Gasteiger partial charge in [0.05, 0.1) is 0 Å². The largest absolute Gasteiger partial charge is 0.396 e. The monoisotopic (exact) mass is 259 g/mol. The van der Waals surface area contributed by atoms with Crippen molar-refractivity contribution in [3.63, 3.8) is 0 Å². The number of nitrogens with one attached hydrogen (secondary N) is 1. The Morgan fingerprint density at radius 2 is 2.11 bits per heavy atom. The van der Waals surface area contributed by atoms with Gasteiger partial charge in [0.25, 0.3) is 0 Å². The van der Waals surface area contributed by atoms with Crippen LogP contribution in [-0.4, -0.2) is 27.5 Å². The Kier molecular flexibility index (Phi) is 4.98. The molecule has 0 saturated carbocycles. The number of aromatic nitrogens is 2. The summed E-state index contributed by atoms with van der Waals surface area (Å²) in [5, 5.41) is 16.5. The number of benzene rings is 1. The minimum atomic E-state index is 0.201. The fourth-order valence-electron chi connectivity index (χ4n) is 2.01. The minimum absolute atomic E-state index is 0.201. The molecule has 0 fully saturated rings. The van der Waals surface area contributed by atoms with Crippen LogP contribution in [0.5, 0.6) is 0 Å². The van der Waals surface area contributed by atoms with Crippen LogP contribution in [0.1, 0.15) is 18.9 Å². The third kappa shape index (κ3) is 4.41. The standard InChI is InChI=1S/C15H21N3O/c1-13(7-11-18-10-2-9-16-18)17-15-5-3-14(4-6-15)8-12-19/h2-6,9-10,13,17,19H,7-8,11-12H2,1H3. The topological polar surface area (TPSA) is 50.1 Å². The molecule has 0 amide bonds. The van der Waals surface area contributed by atoms with Crippen LogP contribution in [0.4, 0.5) is 5.69 Å². The predicted octanol–water partition coefficient (Wildman–Crippen LogP) is 2.31. The SMILES string of the molecule is CC(CCn1cccn1)Nc1ccc(CCO)cc1. The van der Waals surface area contributed by atoms with Crippen molar-refractivity contribution in [3.05, 3.63) is 48.3 Å². The average molecular weight is 259 g/mol. The first kappa shape index (κ1) is 13.6. The molecule has 0 spiro atoms. The van der Waals surface area contributed by atoms with Gasteiger partial charge in [-0.25, -0.2) is 0 Å². The Morgan fingerprint density at radius 1 is 1.32 bits per heavy atom. The third-order valence-corrected chi connectivity index (χ3v) is 3.12. The number of hydrogen-bond donors (Lipinski definition) is 2. The van der Waals surface area contributed by atoms with Gasteiger partial charge in [-0.05, 0) is 43.5 Å². The molecular weight excluding hydrogens is 238 g/mol. The van der Waals surface area contributed by atoms with Gasteiger partial charge >= 0.3 is 0 Å². The van der Waals surface area contributed by atoms with Gasteiger partial charge in [0.1, 0.15) is 0 Å². The van der Waals surface area contributed by atoms with Gasteiger partial charge in [0.2, 0.25) is 0 Å². The van der Waals surface area contributed by atoms with E-state index in [-0.39, 0.29) is 6.61 Å². The number of rotatable bonds is 7. The maximum atomic E-state index is 8.87. The van der Waals surface area contributed by atoms with Gasteiger partial charge in [-0.3, -0.25) is 4.68 Å². The van der Waals surface area contributed by atoms with Crippen LogP contribution >= 0.6 is 0 Å². The fraction of sp³-hybridized carbons (Fsp3) is 0.400. The minimum Gasteiger partial charge on any atom is -0.396 e. The van der Waals surface area contributed by atoms with Crippen molar-refractivity contribution in [2.75, 3.05) is 11.9 Å². The normalized spacial score (nSPS) is 12.3. The molecule has 102 valence electrons. The average Bonchev–Trinajstić information content (AvgIpc) is 2.92. The summed E-state index contributed by atoms with van der Waals surface area (Å²) in [5.74, 6) is 0. The van der Waals surface area contributed by atoms with Crippen LogP contribution in [0.3, 0.4) is 0 Å². The highest BCUT2D eigenvalue weighted by atomic mass is 16.2. The predicted molar refractivity (Wildman–Crippen MR) is 77.2 cm³/mol. The number of aliphatic hydroxyl groups excluding tert-OH is 1. The Morgan fingerprint density at radius 3 is 2.74 bits per heavy atom. The molecule has 2 rings (SSSR count). The number of anilines is 1. The van der Waals surface area contributed by atoms with E-state index in [1.54, 1.807) is 6.20 Å². The van der Waals surface area contributed by atoms with Crippen molar-refractivity contribution < 1.29 is 5.11 Å². The van der Waals surface area contributed by atoms with Gasteiger partial charge < -0.3 is 10.4 Å². The van der Waals surface area contributed by atoms with Crippen LogP contribution < -0.4 is 5.32 Å². The molecule has 2 aromatic rings. The molecule has 0 aliphatic rings. The molecular formula is C15H21N3O. The summed E-state index contributed by atoms with van der Waals surface area (Å²) >= 11 is 0. The van der Waals surface area contributed by atoms with E-state index in [4.69, 9.17) is 5.11 Å². The van der Waals surface area contributed by atoms with E-state index in [1.807, 2.05) is 16.9 Å². The van der Waals surface area contributed by atoms with Crippen LogP contribution in [0.2, 0.25) is 0 Å². The Bertz CT molecular complexity index is 465. The van der Waals surface area contributed by atoms with E-state index in [2.05, 4.69) is 41.6 Å². The maximum absolute atomic E-state index is 8.87. The van der Waals surface area contributed by atoms with Crippen molar-refractivity contribution in [2.45, 2.75) is 32.4 Å². The number of nitrogens with zero attached hydrogens (tertiary/aromatic N) is 2. The third-order valence-electron chi connectivity index (χ3n) is 3.12. The zero-order valence-electron chi connectivity index (χ0n) is 11.3. The lowest BCUT2D eigenvalue weighted by atomic mass is 10.1. The first-order valence-electron chi connectivity index (χ1n) is 6.71. The Hall–Kier alpha value is -1.81. The second-order valence-electron chi connectivity index (χ2n) is 4.77. The number of aryl methyl sites for hydroxylation is 1. The molecule has 0 aliphatic heterocycles. The quantitative estimate of drug-likeness (QED) is 0.802. The molecule has 4 nitrogen and oxygen atoms in total. The summed E-state index contributed by atoms with van der Waals surface area (Å²) in [6.45, 7) is 3.29. The highest BCUT2D eigenvalue weighted by Gasteiger charge is 2.02. The van der Waals surface area contributed by atoms with E-state index in [1.165, 1.54) is 0 Å². The summed E-state index contributed by atoms with van der Waals surface area (Å²) in [7, 11) is 0.